The van der Waals surface area contributed by atoms with Crippen LogP contribution in [0.25, 0.3) is 138 Å². The molecule has 6 heteroatoms. The van der Waals surface area contributed by atoms with Gasteiger partial charge in [-0.05, 0) is 82.2 Å². The summed E-state index contributed by atoms with van der Waals surface area (Å²) in [5, 5.41) is 13.5. The summed E-state index contributed by atoms with van der Waals surface area (Å²) in [5.74, 6) is 1.69. The average Bonchev–Trinajstić information content (AvgIpc) is 4.01. The normalized spacial score (nSPS) is 12.1. The quantitative estimate of drug-likeness (QED) is 0.177. The van der Waals surface area contributed by atoms with Crippen LogP contribution in [-0.2, 0) is 0 Å². The fraction of sp³-hybridized carbons (Fsp3) is 0. The molecule has 0 spiro atoms. The van der Waals surface area contributed by atoms with Crippen molar-refractivity contribution in [1.82, 2.24) is 19.5 Å². The zero-order valence-electron chi connectivity index (χ0n) is 33.6. The SMILES string of the molecule is c1ccc(-c2nc(-c3ccc4oc5c6ccccc6c(-n6c7cc8ccccc8cc7c7cc8ccccc8cc76)cc5c4c3)nc(-c3cccc4c3oc3ccccc34)n2)cc1. The molecule has 0 saturated carbocycles. The lowest BCUT2D eigenvalue weighted by molar-refractivity contribution is 0.669. The van der Waals surface area contributed by atoms with Gasteiger partial charge in [0, 0.05) is 54.2 Å². The third-order valence-electron chi connectivity index (χ3n) is 12.8. The minimum Gasteiger partial charge on any atom is -0.455 e. The Hall–Kier alpha value is -8.61. The highest BCUT2D eigenvalue weighted by Gasteiger charge is 2.22. The smallest absolute Gasteiger partial charge is 0.167 e. The highest BCUT2D eigenvalue weighted by atomic mass is 16.3. The van der Waals surface area contributed by atoms with Crippen molar-refractivity contribution in [3.8, 4) is 39.9 Å². The molecule has 14 aromatic rings. The first-order valence-corrected chi connectivity index (χ1v) is 21.2. The van der Waals surface area contributed by atoms with E-state index in [1.165, 1.54) is 32.3 Å². The number of rotatable bonds is 4. The van der Waals surface area contributed by atoms with Crippen molar-refractivity contribution in [1.29, 1.82) is 0 Å². The molecule has 63 heavy (non-hydrogen) atoms. The molecule has 0 fully saturated rings. The summed E-state index contributed by atoms with van der Waals surface area (Å²) in [5.41, 5.74) is 9.16. The number of aromatic nitrogens is 4. The standard InChI is InChI=1S/C57H32N4O2/c1-2-13-33(14-3-1)55-58-56(60-57(59-55)43-23-12-22-42-40-20-10-11-24-51(40)62-53(42)43)38-25-26-52-46(29-38)47-32-50(39-19-8-9-21-41(39)54(47)63-52)61-48-30-36-17-6-4-15-34(36)27-44(48)45-28-35-16-5-7-18-37(35)31-49(45)61/h1-32H. The number of furan rings is 2. The van der Waals surface area contributed by atoms with Crippen molar-refractivity contribution < 1.29 is 8.83 Å². The van der Waals surface area contributed by atoms with E-state index in [0.29, 0.717) is 17.5 Å². The van der Waals surface area contributed by atoms with Gasteiger partial charge in [0.05, 0.1) is 22.3 Å². The Bertz CT molecular complexity index is 4120. The molecule has 4 heterocycles. The van der Waals surface area contributed by atoms with Crippen molar-refractivity contribution in [3.63, 3.8) is 0 Å². The Morgan fingerprint density at radius 2 is 0.857 bits per heavy atom. The molecule has 0 aliphatic rings. The molecule has 292 valence electrons. The molecule has 0 atom stereocenters. The van der Waals surface area contributed by atoms with Crippen LogP contribution in [0.4, 0.5) is 0 Å². The summed E-state index contributed by atoms with van der Waals surface area (Å²) in [6.07, 6.45) is 0. The van der Waals surface area contributed by atoms with E-state index in [2.05, 4.69) is 126 Å². The third kappa shape index (κ3) is 5.09. The van der Waals surface area contributed by atoms with Crippen LogP contribution < -0.4 is 0 Å². The number of nitrogens with zero attached hydrogens (tertiary/aromatic N) is 4. The van der Waals surface area contributed by atoms with Gasteiger partial charge >= 0.3 is 0 Å². The molecular formula is C57H32N4O2. The highest BCUT2D eigenvalue weighted by molar-refractivity contribution is 6.21. The molecule has 6 nitrogen and oxygen atoms in total. The topological polar surface area (TPSA) is 69.9 Å². The van der Waals surface area contributed by atoms with Crippen molar-refractivity contribution in [2.45, 2.75) is 0 Å². The van der Waals surface area contributed by atoms with Gasteiger partial charge in [-0.3, -0.25) is 0 Å². The van der Waals surface area contributed by atoms with Crippen LogP contribution in [0.5, 0.6) is 0 Å². The van der Waals surface area contributed by atoms with E-state index in [0.717, 1.165) is 88.1 Å². The van der Waals surface area contributed by atoms with Gasteiger partial charge in [-0.2, -0.15) is 0 Å². The Morgan fingerprint density at radius 3 is 1.59 bits per heavy atom. The molecule has 0 radical (unpaired) electrons. The molecule has 0 aliphatic carbocycles. The summed E-state index contributed by atoms with van der Waals surface area (Å²) in [4.78, 5) is 15.4. The maximum Gasteiger partial charge on any atom is 0.167 e. The first kappa shape index (κ1) is 34.1. The van der Waals surface area contributed by atoms with Crippen molar-refractivity contribution >= 4 is 98.0 Å². The number of hydrogen-bond donors (Lipinski definition) is 0. The average molecular weight is 805 g/mol. The van der Waals surface area contributed by atoms with Gasteiger partial charge in [0.25, 0.3) is 0 Å². The maximum atomic E-state index is 6.81. The van der Waals surface area contributed by atoms with E-state index in [1.807, 2.05) is 72.8 Å². The van der Waals surface area contributed by atoms with Gasteiger partial charge in [0.1, 0.15) is 22.3 Å². The first-order chi connectivity index (χ1) is 31.2. The van der Waals surface area contributed by atoms with E-state index in [-0.39, 0.29) is 0 Å². The largest absolute Gasteiger partial charge is 0.455 e. The number of benzene rings is 10. The minimum atomic E-state index is 0.542. The molecule has 0 unspecified atom stereocenters. The van der Waals surface area contributed by atoms with E-state index >= 15 is 0 Å². The Balaban J connectivity index is 1.03. The van der Waals surface area contributed by atoms with E-state index in [9.17, 15) is 0 Å². The lowest BCUT2D eigenvalue weighted by atomic mass is 10.0. The third-order valence-corrected chi connectivity index (χ3v) is 12.8. The summed E-state index contributed by atoms with van der Waals surface area (Å²) in [6, 6.07) is 68.2. The van der Waals surface area contributed by atoms with Crippen LogP contribution in [0, 0.1) is 0 Å². The van der Waals surface area contributed by atoms with E-state index < -0.39 is 0 Å². The Kier molecular flexibility index (Phi) is 7.02. The minimum absolute atomic E-state index is 0.542. The zero-order valence-corrected chi connectivity index (χ0v) is 33.6. The molecule has 0 bridgehead atoms. The van der Waals surface area contributed by atoms with E-state index in [1.54, 1.807) is 0 Å². The number of fused-ring (bicyclic) bond motifs is 13. The lowest BCUT2D eigenvalue weighted by Crippen LogP contribution is -2.00. The first-order valence-electron chi connectivity index (χ1n) is 21.2. The summed E-state index contributed by atoms with van der Waals surface area (Å²) < 4.78 is 15.7. The second kappa shape index (κ2) is 12.9. The van der Waals surface area contributed by atoms with Crippen LogP contribution in [0.15, 0.2) is 203 Å². The molecule has 0 amide bonds. The van der Waals surface area contributed by atoms with Crippen LogP contribution in [0.1, 0.15) is 0 Å². The maximum absolute atomic E-state index is 6.81. The van der Waals surface area contributed by atoms with Crippen LogP contribution >= 0.6 is 0 Å². The number of para-hydroxylation sites is 2. The highest BCUT2D eigenvalue weighted by Crippen LogP contribution is 2.43. The van der Waals surface area contributed by atoms with Gasteiger partial charge in [-0.15, -0.1) is 0 Å². The van der Waals surface area contributed by atoms with Gasteiger partial charge in [-0.1, -0.05) is 133 Å². The molecule has 14 rings (SSSR count). The van der Waals surface area contributed by atoms with Crippen molar-refractivity contribution in [2.24, 2.45) is 0 Å². The van der Waals surface area contributed by atoms with Gasteiger partial charge in [0.15, 0.2) is 17.5 Å². The lowest BCUT2D eigenvalue weighted by Gasteiger charge is -2.13. The Morgan fingerprint density at radius 1 is 0.317 bits per heavy atom. The van der Waals surface area contributed by atoms with Gasteiger partial charge in [-0.25, -0.2) is 15.0 Å². The zero-order chi connectivity index (χ0) is 41.2. The molecule has 0 saturated heterocycles. The fourth-order valence-electron chi connectivity index (χ4n) is 9.82. The second-order valence-corrected chi connectivity index (χ2v) is 16.4. The predicted molar refractivity (Wildman–Crippen MR) is 258 cm³/mol. The van der Waals surface area contributed by atoms with E-state index in [4.69, 9.17) is 23.8 Å². The summed E-state index contributed by atoms with van der Waals surface area (Å²) in [6.45, 7) is 0. The monoisotopic (exact) mass is 804 g/mol. The number of hydrogen-bond acceptors (Lipinski definition) is 5. The van der Waals surface area contributed by atoms with Crippen molar-refractivity contribution in [2.75, 3.05) is 0 Å². The predicted octanol–water partition coefficient (Wildman–Crippen LogP) is 15.2. The summed E-state index contributed by atoms with van der Waals surface area (Å²) >= 11 is 0. The molecular weight excluding hydrogens is 773 g/mol. The van der Waals surface area contributed by atoms with Gasteiger partial charge < -0.3 is 13.4 Å². The van der Waals surface area contributed by atoms with Gasteiger partial charge in [0.2, 0.25) is 0 Å². The van der Waals surface area contributed by atoms with Crippen molar-refractivity contribution in [3.05, 3.63) is 194 Å². The van der Waals surface area contributed by atoms with Crippen LogP contribution in [0.2, 0.25) is 0 Å². The molecule has 0 N–H and O–H groups in total. The molecule has 0 aliphatic heterocycles. The Labute approximate surface area is 358 Å². The van der Waals surface area contributed by atoms with Crippen LogP contribution in [0.3, 0.4) is 0 Å². The second-order valence-electron chi connectivity index (χ2n) is 16.4. The molecule has 10 aromatic carbocycles. The fourth-order valence-corrected chi connectivity index (χ4v) is 9.82. The summed E-state index contributed by atoms with van der Waals surface area (Å²) in [7, 11) is 0. The molecule has 4 aromatic heterocycles. The van der Waals surface area contributed by atoms with Crippen LogP contribution in [-0.4, -0.2) is 19.5 Å².